The van der Waals surface area contributed by atoms with Gasteiger partial charge in [0.1, 0.15) is 11.4 Å². The minimum absolute atomic E-state index is 0.312. The molecule has 0 radical (unpaired) electrons. The fraction of sp³-hybridized carbons (Fsp3) is 0.176. The highest BCUT2D eigenvalue weighted by molar-refractivity contribution is 5.88. The molecule has 6 heteroatoms. The molecule has 0 spiro atoms. The number of ether oxygens (including phenoxy) is 1. The van der Waals surface area contributed by atoms with Crippen molar-refractivity contribution in [2.45, 2.75) is 13.5 Å². The van der Waals surface area contributed by atoms with Gasteiger partial charge in [-0.1, -0.05) is 12.1 Å². The Hall–Kier alpha value is -3.02. The maximum atomic E-state index is 12.2. The first-order chi connectivity index (χ1) is 11.3. The fourth-order valence-electron chi connectivity index (χ4n) is 2.19. The zero-order valence-electron chi connectivity index (χ0n) is 12.7. The average Bonchev–Trinajstić information content (AvgIpc) is 3.01. The third-order valence-corrected chi connectivity index (χ3v) is 3.23. The molecule has 0 aliphatic heterocycles. The van der Waals surface area contributed by atoms with Crippen LogP contribution in [0.3, 0.4) is 0 Å². The van der Waals surface area contributed by atoms with Crippen LogP contribution in [0.1, 0.15) is 23.1 Å². The van der Waals surface area contributed by atoms with Gasteiger partial charge in [-0.25, -0.2) is 4.79 Å². The van der Waals surface area contributed by atoms with E-state index in [1.165, 1.54) is 0 Å². The summed E-state index contributed by atoms with van der Waals surface area (Å²) in [6.45, 7) is 2.48. The van der Waals surface area contributed by atoms with Gasteiger partial charge < -0.3 is 4.74 Å². The summed E-state index contributed by atoms with van der Waals surface area (Å²) in [7, 11) is 0. The lowest BCUT2D eigenvalue weighted by molar-refractivity contribution is 0.0512. The Morgan fingerprint density at radius 1 is 1.09 bits per heavy atom. The Morgan fingerprint density at radius 2 is 1.87 bits per heavy atom. The Kier molecular flexibility index (Phi) is 4.42. The summed E-state index contributed by atoms with van der Waals surface area (Å²) >= 11 is 0. The molecule has 6 nitrogen and oxygen atoms in total. The quantitative estimate of drug-likeness (QED) is 0.678. The number of esters is 1. The minimum atomic E-state index is -0.405. The summed E-state index contributed by atoms with van der Waals surface area (Å²) in [5.41, 5.74) is 2.54. The molecule has 23 heavy (non-hydrogen) atoms. The van der Waals surface area contributed by atoms with Crippen molar-refractivity contribution in [2.75, 3.05) is 6.61 Å². The lowest BCUT2D eigenvalue weighted by Gasteiger charge is -2.06. The molecule has 3 heterocycles. The Bertz CT molecular complexity index is 785. The van der Waals surface area contributed by atoms with Gasteiger partial charge in [0.2, 0.25) is 0 Å². The molecule has 3 aromatic heterocycles. The minimum Gasteiger partial charge on any atom is -0.461 e. The predicted octanol–water partition coefficient (Wildman–Crippen LogP) is 2.57. The van der Waals surface area contributed by atoms with Gasteiger partial charge >= 0.3 is 5.97 Å². The van der Waals surface area contributed by atoms with Crippen LogP contribution in [0.4, 0.5) is 0 Å². The van der Waals surface area contributed by atoms with Gasteiger partial charge in [0.05, 0.1) is 24.5 Å². The number of carbonyl (C=O) groups is 1. The van der Waals surface area contributed by atoms with Crippen LogP contribution < -0.4 is 0 Å². The van der Waals surface area contributed by atoms with Crippen LogP contribution in [0.5, 0.6) is 0 Å². The van der Waals surface area contributed by atoms with Crippen molar-refractivity contribution in [1.29, 1.82) is 0 Å². The van der Waals surface area contributed by atoms with Crippen LogP contribution in [0.2, 0.25) is 0 Å². The lowest BCUT2D eigenvalue weighted by Crippen LogP contribution is -2.14. The highest BCUT2D eigenvalue weighted by atomic mass is 16.5. The zero-order chi connectivity index (χ0) is 16.1. The van der Waals surface area contributed by atoms with Crippen molar-refractivity contribution in [3.63, 3.8) is 0 Å². The van der Waals surface area contributed by atoms with Gasteiger partial charge in [0.25, 0.3) is 0 Å². The molecule has 0 aromatic carbocycles. The van der Waals surface area contributed by atoms with Crippen molar-refractivity contribution in [1.82, 2.24) is 19.7 Å². The zero-order valence-corrected chi connectivity index (χ0v) is 12.7. The van der Waals surface area contributed by atoms with E-state index >= 15 is 0 Å². The highest BCUT2D eigenvalue weighted by Crippen LogP contribution is 2.18. The molecule has 0 amide bonds. The van der Waals surface area contributed by atoms with Gasteiger partial charge in [0, 0.05) is 18.5 Å². The summed E-state index contributed by atoms with van der Waals surface area (Å²) < 4.78 is 6.72. The number of rotatable bonds is 5. The molecule has 0 atom stereocenters. The molecule has 0 N–H and O–H groups in total. The summed E-state index contributed by atoms with van der Waals surface area (Å²) in [6, 6.07) is 12.9. The number of hydrogen-bond acceptors (Lipinski definition) is 5. The second kappa shape index (κ2) is 6.83. The predicted molar refractivity (Wildman–Crippen MR) is 84.8 cm³/mol. The molecule has 3 rings (SSSR count). The largest absolute Gasteiger partial charge is 0.461 e. The molecule has 116 valence electrons. The smallest absolute Gasteiger partial charge is 0.356 e. The van der Waals surface area contributed by atoms with Crippen molar-refractivity contribution in [2.24, 2.45) is 0 Å². The van der Waals surface area contributed by atoms with Gasteiger partial charge in [-0.2, -0.15) is 5.10 Å². The van der Waals surface area contributed by atoms with Crippen molar-refractivity contribution in [3.05, 3.63) is 66.2 Å². The fourth-order valence-corrected chi connectivity index (χ4v) is 2.19. The van der Waals surface area contributed by atoms with E-state index in [9.17, 15) is 4.79 Å². The molecule has 0 aliphatic rings. The number of nitrogens with zero attached hydrogens (tertiary/aromatic N) is 4. The lowest BCUT2D eigenvalue weighted by atomic mass is 10.2. The number of pyridine rings is 2. The normalized spacial score (nSPS) is 10.5. The first-order valence-corrected chi connectivity index (χ1v) is 7.34. The van der Waals surface area contributed by atoms with E-state index in [2.05, 4.69) is 15.1 Å². The van der Waals surface area contributed by atoms with E-state index in [1.807, 2.05) is 36.4 Å². The van der Waals surface area contributed by atoms with E-state index in [4.69, 9.17) is 4.74 Å². The maximum Gasteiger partial charge on any atom is 0.356 e. The molecule has 3 aromatic rings. The van der Waals surface area contributed by atoms with Crippen molar-refractivity contribution < 1.29 is 9.53 Å². The maximum absolute atomic E-state index is 12.2. The standard InChI is InChI=1S/C17H16N4O2/c1-2-23-17(22)16-11-15(14-8-4-6-10-19-14)20-21(16)12-13-7-3-5-9-18-13/h3-11H,2,12H2,1H3. The third kappa shape index (κ3) is 3.42. The third-order valence-electron chi connectivity index (χ3n) is 3.23. The first-order valence-electron chi connectivity index (χ1n) is 7.34. The van der Waals surface area contributed by atoms with Crippen LogP contribution in [0, 0.1) is 0 Å². The molecular formula is C17H16N4O2. The molecule has 0 aliphatic carbocycles. The molecule has 0 saturated heterocycles. The van der Waals surface area contributed by atoms with Gasteiger partial charge in [-0.3, -0.25) is 14.6 Å². The highest BCUT2D eigenvalue weighted by Gasteiger charge is 2.18. The van der Waals surface area contributed by atoms with Crippen LogP contribution in [0.25, 0.3) is 11.4 Å². The van der Waals surface area contributed by atoms with Gasteiger partial charge in [0.15, 0.2) is 0 Å². The van der Waals surface area contributed by atoms with Crippen LogP contribution in [-0.4, -0.2) is 32.3 Å². The summed E-state index contributed by atoms with van der Waals surface area (Å²) in [6.07, 6.45) is 3.40. The van der Waals surface area contributed by atoms with Crippen LogP contribution in [0.15, 0.2) is 54.9 Å². The number of hydrogen-bond donors (Lipinski definition) is 0. The van der Waals surface area contributed by atoms with Crippen LogP contribution >= 0.6 is 0 Å². The monoisotopic (exact) mass is 308 g/mol. The van der Waals surface area contributed by atoms with E-state index < -0.39 is 5.97 Å². The molecule has 0 bridgehead atoms. The second-order valence-electron chi connectivity index (χ2n) is 4.83. The van der Waals surface area contributed by atoms with Gasteiger partial charge in [-0.05, 0) is 31.2 Å². The van der Waals surface area contributed by atoms with Crippen LogP contribution in [-0.2, 0) is 11.3 Å². The van der Waals surface area contributed by atoms with Gasteiger partial charge in [-0.15, -0.1) is 0 Å². The topological polar surface area (TPSA) is 69.9 Å². The van der Waals surface area contributed by atoms with E-state index in [0.29, 0.717) is 30.2 Å². The molecule has 0 fully saturated rings. The Labute approximate surface area is 133 Å². The molecule has 0 unspecified atom stereocenters. The first kappa shape index (κ1) is 14.9. The Morgan fingerprint density at radius 3 is 2.52 bits per heavy atom. The van der Waals surface area contributed by atoms with Crippen molar-refractivity contribution in [3.8, 4) is 11.4 Å². The SMILES string of the molecule is CCOC(=O)c1cc(-c2ccccn2)nn1Cc1ccccn1. The average molecular weight is 308 g/mol. The summed E-state index contributed by atoms with van der Waals surface area (Å²) in [4.78, 5) is 20.7. The molecule has 0 saturated carbocycles. The number of aromatic nitrogens is 4. The second-order valence-corrected chi connectivity index (χ2v) is 4.83. The van der Waals surface area contributed by atoms with E-state index in [-0.39, 0.29) is 0 Å². The number of carbonyl (C=O) groups excluding carboxylic acids is 1. The summed E-state index contributed by atoms with van der Waals surface area (Å²) in [5.74, 6) is -0.405. The van der Waals surface area contributed by atoms with E-state index in [1.54, 1.807) is 30.1 Å². The Balaban J connectivity index is 1.98. The molecular weight excluding hydrogens is 292 g/mol. The van der Waals surface area contributed by atoms with E-state index in [0.717, 1.165) is 5.69 Å². The van der Waals surface area contributed by atoms with Crippen molar-refractivity contribution >= 4 is 5.97 Å². The summed E-state index contributed by atoms with van der Waals surface area (Å²) in [5, 5.41) is 4.49.